The minimum atomic E-state index is 0.623. The van der Waals surface area contributed by atoms with E-state index in [1.807, 2.05) is 6.07 Å². The third-order valence-electron chi connectivity index (χ3n) is 4.29. The molecule has 0 aromatic heterocycles. The van der Waals surface area contributed by atoms with Crippen LogP contribution >= 0.6 is 0 Å². The number of hydrogen-bond acceptors (Lipinski definition) is 2. The predicted octanol–water partition coefficient (Wildman–Crippen LogP) is 2.55. The van der Waals surface area contributed by atoms with Crippen LogP contribution in [0.15, 0.2) is 24.3 Å². The van der Waals surface area contributed by atoms with Crippen molar-refractivity contribution in [2.45, 2.75) is 25.2 Å². The highest BCUT2D eigenvalue weighted by atomic mass is 16.5. The zero-order chi connectivity index (χ0) is 11.0. The van der Waals surface area contributed by atoms with Gasteiger partial charge in [0.25, 0.3) is 0 Å². The molecule has 3 rings (SSSR count). The fourth-order valence-corrected chi connectivity index (χ4v) is 3.15. The first-order valence-corrected chi connectivity index (χ1v) is 6.19. The molecule has 1 aromatic rings. The zero-order valence-electron chi connectivity index (χ0n) is 9.83. The van der Waals surface area contributed by atoms with Gasteiger partial charge >= 0.3 is 0 Å². The SMILES string of the molecule is COc1cccc(C2CC23CCNCC3)c1. The van der Waals surface area contributed by atoms with Gasteiger partial charge in [0.1, 0.15) is 5.75 Å². The Balaban J connectivity index is 1.79. The topological polar surface area (TPSA) is 21.3 Å². The molecule has 2 fully saturated rings. The van der Waals surface area contributed by atoms with Crippen LogP contribution in [0.2, 0.25) is 0 Å². The molecule has 86 valence electrons. The summed E-state index contributed by atoms with van der Waals surface area (Å²) in [6.45, 7) is 2.39. The number of ether oxygens (including phenoxy) is 1. The number of piperidine rings is 1. The smallest absolute Gasteiger partial charge is 0.119 e. The average molecular weight is 217 g/mol. The van der Waals surface area contributed by atoms with Crippen LogP contribution < -0.4 is 10.1 Å². The van der Waals surface area contributed by atoms with E-state index in [-0.39, 0.29) is 0 Å². The van der Waals surface area contributed by atoms with E-state index < -0.39 is 0 Å². The summed E-state index contributed by atoms with van der Waals surface area (Å²) in [5, 5.41) is 3.45. The Kier molecular flexibility index (Phi) is 2.40. The molecule has 1 heterocycles. The summed E-state index contributed by atoms with van der Waals surface area (Å²) < 4.78 is 5.30. The molecule has 2 nitrogen and oxygen atoms in total. The minimum absolute atomic E-state index is 0.623. The third-order valence-corrected chi connectivity index (χ3v) is 4.29. The van der Waals surface area contributed by atoms with E-state index in [0.717, 1.165) is 11.7 Å². The molecule has 1 saturated carbocycles. The molecule has 1 atom stereocenters. The van der Waals surface area contributed by atoms with Crippen LogP contribution in [-0.4, -0.2) is 20.2 Å². The normalized spacial score (nSPS) is 26.7. The van der Waals surface area contributed by atoms with E-state index >= 15 is 0 Å². The number of benzene rings is 1. The summed E-state index contributed by atoms with van der Waals surface area (Å²) in [6.07, 6.45) is 4.06. The Morgan fingerprint density at radius 3 is 2.88 bits per heavy atom. The van der Waals surface area contributed by atoms with Gasteiger partial charge < -0.3 is 10.1 Å². The van der Waals surface area contributed by atoms with Crippen molar-refractivity contribution < 1.29 is 4.74 Å². The molecular weight excluding hydrogens is 198 g/mol. The monoisotopic (exact) mass is 217 g/mol. The lowest BCUT2D eigenvalue weighted by atomic mass is 9.89. The van der Waals surface area contributed by atoms with Crippen molar-refractivity contribution in [1.29, 1.82) is 0 Å². The van der Waals surface area contributed by atoms with Crippen molar-refractivity contribution in [3.63, 3.8) is 0 Å². The first kappa shape index (κ1) is 10.2. The lowest BCUT2D eigenvalue weighted by Gasteiger charge is -2.23. The highest BCUT2D eigenvalue weighted by molar-refractivity contribution is 5.36. The lowest BCUT2D eigenvalue weighted by molar-refractivity contribution is 0.342. The van der Waals surface area contributed by atoms with Crippen LogP contribution in [0, 0.1) is 5.41 Å². The number of nitrogens with one attached hydrogen (secondary N) is 1. The van der Waals surface area contributed by atoms with Gasteiger partial charge in [0, 0.05) is 0 Å². The maximum Gasteiger partial charge on any atom is 0.119 e. The number of rotatable bonds is 2. The lowest BCUT2D eigenvalue weighted by Crippen LogP contribution is -2.29. The highest BCUT2D eigenvalue weighted by Gasteiger charge is 2.54. The van der Waals surface area contributed by atoms with Gasteiger partial charge in [0.2, 0.25) is 0 Å². The first-order valence-electron chi connectivity index (χ1n) is 6.19. The fourth-order valence-electron chi connectivity index (χ4n) is 3.15. The molecule has 0 radical (unpaired) electrons. The van der Waals surface area contributed by atoms with Crippen molar-refractivity contribution in [1.82, 2.24) is 5.32 Å². The van der Waals surface area contributed by atoms with Crippen molar-refractivity contribution in [2.75, 3.05) is 20.2 Å². The van der Waals surface area contributed by atoms with E-state index in [1.54, 1.807) is 7.11 Å². The number of hydrogen-bond donors (Lipinski definition) is 1. The zero-order valence-corrected chi connectivity index (χ0v) is 9.83. The summed E-state index contributed by atoms with van der Waals surface area (Å²) in [4.78, 5) is 0. The second kappa shape index (κ2) is 3.77. The Morgan fingerprint density at radius 2 is 2.12 bits per heavy atom. The Morgan fingerprint density at radius 1 is 1.31 bits per heavy atom. The van der Waals surface area contributed by atoms with Gasteiger partial charge in [0.15, 0.2) is 0 Å². The van der Waals surface area contributed by atoms with Gasteiger partial charge in [-0.2, -0.15) is 0 Å². The molecule has 0 amide bonds. The standard InChI is InChI=1S/C14H19NO/c1-16-12-4-2-3-11(9-12)13-10-14(13)5-7-15-8-6-14/h2-4,9,13,15H,5-8,10H2,1H3. The molecule has 16 heavy (non-hydrogen) atoms. The molecule has 2 aliphatic rings. The second-order valence-electron chi connectivity index (χ2n) is 5.15. The molecule has 1 spiro atoms. The summed E-state index contributed by atoms with van der Waals surface area (Å²) in [5.41, 5.74) is 2.10. The van der Waals surface area contributed by atoms with Crippen LogP contribution in [0.3, 0.4) is 0 Å². The molecule has 1 aliphatic carbocycles. The van der Waals surface area contributed by atoms with E-state index in [2.05, 4.69) is 23.5 Å². The van der Waals surface area contributed by atoms with Gasteiger partial charge in [-0.15, -0.1) is 0 Å². The summed E-state index contributed by atoms with van der Waals surface area (Å²) >= 11 is 0. The van der Waals surface area contributed by atoms with Crippen LogP contribution in [0.1, 0.15) is 30.7 Å². The van der Waals surface area contributed by atoms with Crippen LogP contribution in [0.4, 0.5) is 0 Å². The fraction of sp³-hybridized carbons (Fsp3) is 0.571. The van der Waals surface area contributed by atoms with Crippen molar-refractivity contribution in [3.05, 3.63) is 29.8 Å². The van der Waals surface area contributed by atoms with Crippen LogP contribution in [0.25, 0.3) is 0 Å². The van der Waals surface area contributed by atoms with Crippen molar-refractivity contribution in [3.8, 4) is 5.75 Å². The molecule has 0 bridgehead atoms. The van der Waals surface area contributed by atoms with Crippen molar-refractivity contribution in [2.24, 2.45) is 5.41 Å². The van der Waals surface area contributed by atoms with Gasteiger partial charge in [-0.25, -0.2) is 0 Å². The van der Waals surface area contributed by atoms with Gasteiger partial charge in [0.05, 0.1) is 7.11 Å². The van der Waals surface area contributed by atoms with Gasteiger partial charge in [-0.05, 0) is 61.4 Å². The van der Waals surface area contributed by atoms with Crippen LogP contribution in [-0.2, 0) is 0 Å². The molecule has 1 unspecified atom stereocenters. The maximum atomic E-state index is 5.30. The Bertz CT molecular complexity index is 382. The van der Waals surface area contributed by atoms with Crippen LogP contribution in [0.5, 0.6) is 5.75 Å². The Hall–Kier alpha value is -1.02. The average Bonchev–Trinajstić information content (AvgIpc) is 3.04. The summed E-state index contributed by atoms with van der Waals surface area (Å²) in [6, 6.07) is 8.60. The first-order chi connectivity index (χ1) is 7.84. The predicted molar refractivity (Wildman–Crippen MR) is 64.9 cm³/mol. The second-order valence-corrected chi connectivity index (χ2v) is 5.15. The minimum Gasteiger partial charge on any atom is -0.497 e. The third kappa shape index (κ3) is 1.61. The van der Waals surface area contributed by atoms with E-state index in [0.29, 0.717) is 5.41 Å². The summed E-state index contributed by atoms with van der Waals surface area (Å²) in [7, 11) is 1.74. The molecule has 2 heteroatoms. The van der Waals surface area contributed by atoms with E-state index in [4.69, 9.17) is 4.74 Å². The van der Waals surface area contributed by atoms with E-state index in [9.17, 15) is 0 Å². The molecule has 1 aromatic carbocycles. The summed E-state index contributed by atoms with van der Waals surface area (Å²) in [5.74, 6) is 1.78. The quantitative estimate of drug-likeness (QED) is 0.822. The molecule has 1 N–H and O–H groups in total. The number of methoxy groups -OCH3 is 1. The maximum absolute atomic E-state index is 5.30. The molecular formula is C14H19NO. The highest BCUT2D eigenvalue weighted by Crippen LogP contribution is 2.64. The van der Waals surface area contributed by atoms with Crippen molar-refractivity contribution >= 4 is 0 Å². The van der Waals surface area contributed by atoms with Gasteiger partial charge in [-0.1, -0.05) is 12.1 Å². The molecule has 1 aliphatic heterocycles. The van der Waals surface area contributed by atoms with E-state index in [1.165, 1.54) is 37.9 Å². The Labute approximate surface area is 97.0 Å². The van der Waals surface area contributed by atoms with Gasteiger partial charge in [-0.3, -0.25) is 0 Å². The molecule has 1 saturated heterocycles. The largest absolute Gasteiger partial charge is 0.497 e.